The van der Waals surface area contributed by atoms with E-state index in [1.807, 2.05) is 0 Å². The fourth-order valence-electron chi connectivity index (χ4n) is 2.98. The smallest absolute Gasteiger partial charge is 0.280 e. The van der Waals surface area contributed by atoms with Crippen LogP contribution in [0.3, 0.4) is 0 Å². The highest BCUT2D eigenvalue weighted by Crippen LogP contribution is 2.31. The van der Waals surface area contributed by atoms with Crippen molar-refractivity contribution in [2.45, 2.75) is 54.1 Å². The van der Waals surface area contributed by atoms with E-state index in [2.05, 4.69) is 4.99 Å². The molecule has 1 aromatic rings. The third-order valence-electron chi connectivity index (χ3n) is 4.22. The molecule has 25 heavy (non-hydrogen) atoms. The number of carbonyl (C=O) groups is 1. The summed E-state index contributed by atoms with van der Waals surface area (Å²) in [5, 5.41) is -0.0621. The lowest BCUT2D eigenvalue weighted by atomic mass is 10.0. The predicted octanol–water partition coefficient (Wildman–Crippen LogP) is 1.25. The van der Waals surface area contributed by atoms with Gasteiger partial charge in [-0.25, -0.2) is 8.42 Å². The van der Waals surface area contributed by atoms with Crippen molar-refractivity contribution in [2.24, 2.45) is 16.5 Å². The maximum absolute atomic E-state index is 13.0. The molecule has 9 heteroatoms. The van der Waals surface area contributed by atoms with Gasteiger partial charge in [0.05, 0.1) is 20.6 Å². The number of aliphatic imine (C=N–C) groups is 1. The molecule has 0 aromatic heterocycles. The fourth-order valence-corrected chi connectivity index (χ4v) is 6.10. The topological polar surface area (TPSA) is 133 Å². The second-order valence-corrected chi connectivity index (χ2v) is 9.97. The van der Waals surface area contributed by atoms with E-state index in [1.165, 1.54) is 12.1 Å². The molecule has 1 amide bonds. The van der Waals surface area contributed by atoms with Crippen molar-refractivity contribution in [3.8, 4) is 0 Å². The number of hydrogen-bond donors (Lipinski definition) is 2. The van der Waals surface area contributed by atoms with Crippen LogP contribution in [-0.4, -0.2) is 36.0 Å². The molecule has 138 valence electrons. The average molecular weight is 386 g/mol. The Balaban J connectivity index is 2.57. The molecule has 1 aromatic carbocycles. The van der Waals surface area contributed by atoms with E-state index in [-0.39, 0.29) is 20.6 Å². The summed E-state index contributed by atoms with van der Waals surface area (Å²) in [6.07, 6.45) is 5.74. The maximum atomic E-state index is 13.0. The molecule has 0 heterocycles. The number of nitrogens with zero attached hydrogens (tertiary/aromatic N) is 1. The van der Waals surface area contributed by atoms with E-state index >= 15 is 0 Å². The summed E-state index contributed by atoms with van der Waals surface area (Å²) in [5.41, 5.74) is 11.0. The number of sulfone groups is 1. The first-order valence-electron chi connectivity index (χ1n) is 8.00. The predicted molar refractivity (Wildman–Crippen MR) is 97.7 cm³/mol. The number of nitrogens with two attached hydrogens (primary N) is 2. The number of guanidine groups is 1. The van der Waals surface area contributed by atoms with Crippen molar-refractivity contribution in [2.75, 3.05) is 6.26 Å². The summed E-state index contributed by atoms with van der Waals surface area (Å²) in [6, 6.07) is 2.74. The van der Waals surface area contributed by atoms with Crippen LogP contribution < -0.4 is 11.5 Å². The molecule has 0 radical (unpaired) electrons. The van der Waals surface area contributed by atoms with Crippen molar-refractivity contribution >= 4 is 32.5 Å². The third-order valence-corrected chi connectivity index (χ3v) is 7.34. The van der Waals surface area contributed by atoms with Gasteiger partial charge in [0.15, 0.2) is 15.8 Å². The van der Waals surface area contributed by atoms with Crippen LogP contribution >= 0.6 is 0 Å². The summed E-state index contributed by atoms with van der Waals surface area (Å²) in [5.74, 6) is -1.13. The minimum atomic E-state index is -3.67. The quantitative estimate of drug-likeness (QED) is 0.592. The number of carbonyl (C=O) groups excluding carboxylic acids is 1. The van der Waals surface area contributed by atoms with Crippen molar-refractivity contribution < 1.29 is 17.4 Å². The molecule has 7 nitrogen and oxygen atoms in total. The molecule has 0 bridgehead atoms. The van der Waals surface area contributed by atoms with Crippen molar-refractivity contribution in [3.05, 3.63) is 23.3 Å². The number of amides is 1. The van der Waals surface area contributed by atoms with Crippen LogP contribution in [0.15, 0.2) is 26.9 Å². The Labute approximate surface area is 150 Å². The van der Waals surface area contributed by atoms with Gasteiger partial charge in [0.2, 0.25) is 0 Å². The molecular weight excluding hydrogens is 362 g/mol. The monoisotopic (exact) mass is 385 g/mol. The van der Waals surface area contributed by atoms with Crippen LogP contribution in [0.25, 0.3) is 0 Å². The second kappa shape index (κ2) is 7.65. The average Bonchev–Trinajstić information content (AvgIpc) is 2.52. The van der Waals surface area contributed by atoms with Crippen molar-refractivity contribution in [3.63, 3.8) is 0 Å². The lowest BCUT2D eigenvalue weighted by Crippen LogP contribution is -2.24. The third kappa shape index (κ3) is 4.66. The van der Waals surface area contributed by atoms with Gasteiger partial charge in [-0.05, 0) is 37.5 Å². The van der Waals surface area contributed by atoms with Gasteiger partial charge in [-0.3, -0.25) is 9.00 Å². The van der Waals surface area contributed by atoms with Crippen LogP contribution in [-0.2, 0) is 20.6 Å². The van der Waals surface area contributed by atoms with Crippen LogP contribution in [0, 0.1) is 6.92 Å². The van der Waals surface area contributed by atoms with Gasteiger partial charge >= 0.3 is 0 Å². The Morgan fingerprint density at radius 1 is 1.20 bits per heavy atom. The SMILES string of the molecule is Cc1cc(S(=O)C2CCCCC2)c(S(C)(=O)=O)cc1C(=O)N=C(N)N. The molecule has 0 saturated heterocycles. The Bertz CT molecular complexity index is 837. The van der Waals surface area contributed by atoms with Gasteiger partial charge in [-0.15, -0.1) is 0 Å². The van der Waals surface area contributed by atoms with Crippen LogP contribution in [0.4, 0.5) is 0 Å². The largest absolute Gasteiger partial charge is 0.370 e. The first kappa shape index (κ1) is 19.6. The summed E-state index contributed by atoms with van der Waals surface area (Å²) in [4.78, 5) is 15.7. The molecule has 4 N–H and O–H groups in total. The van der Waals surface area contributed by atoms with Gasteiger partial charge in [-0.2, -0.15) is 4.99 Å². The van der Waals surface area contributed by atoms with Gasteiger partial charge in [0, 0.05) is 17.1 Å². The van der Waals surface area contributed by atoms with E-state index in [0.29, 0.717) is 5.56 Å². The lowest BCUT2D eigenvalue weighted by molar-refractivity contribution is 0.100. The Morgan fingerprint density at radius 3 is 2.32 bits per heavy atom. The van der Waals surface area contributed by atoms with Crippen molar-refractivity contribution in [1.29, 1.82) is 0 Å². The number of benzene rings is 1. The minimum Gasteiger partial charge on any atom is -0.370 e. The molecule has 1 aliphatic rings. The lowest BCUT2D eigenvalue weighted by Gasteiger charge is -2.22. The summed E-state index contributed by atoms with van der Waals surface area (Å²) in [7, 11) is -5.12. The molecule has 0 aliphatic heterocycles. The summed E-state index contributed by atoms with van der Waals surface area (Å²) >= 11 is 0. The number of hydrogen-bond acceptors (Lipinski definition) is 4. The minimum absolute atomic E-state index is 0.0621. The van der Waals surface area contributed by atoms with E-state index in [1.54, 1.807) is 6.92 Å². The second-order valence-electron chi connectivity index (χ2n) is 6.29. The maximum Gasteiger partial charge on any atom is 0.280 e. The molecule has 0 spiro atoms. The zero-order chi connectivity index (χ0) is 18.8. The van der Waals surface area contributed by atoms with Crippen LogP contribution in [0.1, 0.15) is 48.0 Å². The molecule has 1 fully saturated rings. The normalized spacial score (nSPS) is 17.0. The highest BCUT2D eigenvalue weighted by Gasteiger charge is 2.27. The van der Waals surface area contributed by atoms with E-state index in [9.17, 15) is 17.4 Å². The van der Waals surface area contributed by atoms with Gasteiger partial charge in [0.1, 0.15) is 0 Å². The zero-order valence-electron chi connectivity index (χ0n) is 14.3. The zero-order valence-corrected chi connectivity index (χ0v) is 16.0. The molecule has 1 unspecified atom stereocenters. The van der Waals surface area contributed by atoms with Crippen LogP contribution in [0.2, 0.25) is 0 Å². The first-order valence-corrected chi connectivity index (χ1v) is 11.1. The van der Waals surface area contributed by atoms with Gasteiger partial charge in [-0.1, -0.05) is 19.3 Å². The molecule has 1 atom stereocenters. The van der Waals surface area contributed by atoms with Crippen LogP contribution in [0.5, 0.6) is 0 Å². The van der Waals surface area contributed by atoms with E-state index in [0.717, 1.165) is 38.4 Å². The summed E-state index contributed by atoms with van der Waals surface area (Å²) in [6.45, 7) is 1.64. The summed E-state index contributed by atoms with van der Waals surface area (Å²) < 4.78 is 37.4. The molecule has 2 rings (SSSR count). The Hall–Kier alpha value is -1.74. The number of aryl methyl sites for hydroxylation is 1. The fraction of sp³-hybridized carbons (Fsp3) is 0.500. The molecule has 1 aliphatic carbocycles. The van der Waals surface area contributed by atoms with Crippen molar-refractivity contribution in [1.82, 2.24) is 0 Å². The Kier molecular flexibility index (Phi) is 5.99. The number of rotatable bonds is 4. The standard InChI is InChI=1S/C16H23N3O4S2/c1-10-8-13(24(21)11-6-4-3-5-7-11)14(25(2,22)23)9-12(10)15(20)19-16(17)18/h8-9,11H,3-7H2,1-2H3,(H4,17,18,19,20). The Morgan fingerprint density at radius 2 is 1.80 bits per heavy atom. The van der Waals surface area contributed by atoms with Gasteiger partial charge < -0.3 is 11.5 Å². The first-order chi connectivity index (χ1) is 11.6. The van der Waals surface area contributed by atoms with E-state index < -0.39 is 32.5 Å². The highest BCUT2D eigenvalue weighted by molar-refractivity contribution is 7.92. The highest BCUT2D eigenvalue weighted by atomic mass is 32.2. The molecule has 1 saturated carbocycles. The van der Waals surface area contributed by atoms with E-state index in [4.69, 9.17) is 11.5 Å². The van der Waals surface area contributed by atoms with Gasteiger partial charge in [0.25, 0.3) is 5.91 Å². The molecular formula is C16H23N3O4S2.